The van der Waals surface area contributed by atoms with Crippen molar-refractivity contribution in [2.45, 2.75) is 18.9 Å². The molecule has 1 aromatic heterocycles. The van der Waals surface area contributed by atoms with E-state index in [9.17, 15) is 9.59 Å². The molecule has 19 heavy (non-hydrogen) atoms. The minimum Gasteiger partial charge on any atom is -0.376 e. The zero-order valence-corrected chi connectivity index (χ0v) is 10.9. The van der Waals surface area contributed by atoms with Gasteiger partial charge in [0.05, 0.1) is 11.1 Å². The van der Waals surface area contributed by atoms with Crippen LogP contribution in [0.3, 0.4) is 0 Å². The summed E-state index contributed by atoms with van der Waals surface area (Å²) in [5.74, 6) is -1.18. The molecule has 1 saturated heterocycles. The molecular formula is C12H14ClN3O3. The average molecular weight is 284 g/mol. The largest absolute Gasteiger partial charge is 0.376 e. The summed E-state index contributed by atoms with van der Waals surface area (Å²) < 4.78 is 5.34. The third-order valence-electron chi connectivity index (χ3n) is 2.69. The van der Waals surface area contributed by atoms with Gasteiger partial charge in [-0.25, -0.2) is 4.98 Å². The number of carbonyl (C=O) groups excluding carboxylic acids is 2. The summed E-state index contributed by atoms with van der Waals surface area (Å²) in [4.78, 5) is 27.0. The highest BCUT2D eigenvalue weighted by molar-refractivity contribution is 6.39. The Bertz CT molecular complexity index is 458. The van der Waals surface area contributed by atoms with Gasteiger partial charge >= 0.3 is 11.8 Å². The molecule has 2 heterocycles. The zero-order chi connectivity index (χ0) is 13.7. The molecule has 0 bridgehead atoms. The second-order valence-corrected chi connectivity index (χ2v) is 4.60. The molecule has 0 aliphatic carbocycles. The molecule has 1 unspecified atom stereocenters. The second kappa shape index (κ2) is 6.49. The lowest BCUT2D eigenvalue weighted by Crippen LogP contribution is -2.39. The number of nitrogens with zero attached hydrogens (tertiary/aromatic N) is 1. The number of halogens is 1. The Hall–Kier alpha value is -1.66. The van der Waals surface area contributed by atoms with Crippen molar-refractivity contribution < 1.29 is 14.3 Å². The van der Waals surface area contributed by atoms with Gasteiger partial charge in [0.1, 0.15) is 5.82 Å². The normalized spacial score (nSPS) is 18.1. The van der Waals surface area contributed by atoms with E-state index in [1.165, 1.54) is 12.3 Å². The molecule has 1 aromatic rings. The maximum absolute atomic E-state index is 11.6. The molecule has 2 rings (SSSR count). The first-order valence-corrected chi connectivity index (χ1v) is 6.35. The third kappa shape index (κ3) is 4.18. The molecule has 6 nitrogen and oxygen atoms in total. The Morgan fingerprint density at radius 2 is 2.26 bits per heavy atom. The van der Waals surface area contributed by atoms with Crippen molar-refractivity contribution in [2.75, 3.05) is 18.5 Å². The van der Waals surface area contributed by atoms with Crippen LogP contribution in [0, 0.1) is 0 Å². The number of ether oxygens (including phenoxy) is 1. The molecule has 0 radical (unpaired) electrons. The van der Waals surface area contributed by atoms with E-state index in [-0.39, 0.29) is 11.9 Å². The molecule has 1 aliphatic rings. The number of hydrogen-bond donors (Lipinski definition) is 2. The highest BCUT2D eigenvalue weighted by Crippen LogP contribution is 2.11. The van der Waals surface area contributed by atoms with E-state index in [1.807, 2.05) is 0 Å². The molecule has 7 heteroatoms. The number of aromatic nitrogens is 1. The van der Waals surface area contributed by atoms with Gasteiger partial charge in [0.25, 0.3) is 0 Å². The molecule has 2 amide bonds. The van der Waals surface area contributed by atoms with Crippen molar-refractivity contribution in [1.29, 1.82) is 0 Å². The van der Waals surface area contributed by atoms with Gasteiger partial charge in [0.2, 0.25) is 0 Å². The molecule has 102 valence electrons. The predicted octanol–water partition coefficient (Wildman–Crippen LogP) is 0.969. The minimum absolute atomic E-state index is 0.00501. The van der Waals surface area contributed by atoms with Crippen molar-refractivity contribution in [3.05, 3.63) is 23.4 Å². The van der Waals surface area contributed by atoms with E-state index in [0.717, 1.165) is 12.8 Å². The number of pyridine rings is 1. The lowest BCUT2D eigenvalue weighted by molar-refractivity contribution is -0.136. The van der Waals surface area contributed by atoms with Gasteiger partial charge in [-0.3, -0.25) is 9.59 Å². The fourth-order valence-corrected chi connectivity index (χ4v) is 1.83. The van der Waals surface area contributed by atoms with E-state index >= 15 is 0 Å². The number of amides is 2. The van der Waals surface area contributed by atoms with Gasteiger partial charge in [-0.1, -0.05) is 11.6 Å². The maximum Gasteiger partial charge on any atom is 0.314 e. The molecule has 0 saturated carbocycles. The second-order valence-electron chi connectivity index (χ2n) is 4.16. The van der Waals surface area contributed by atoms with Crippen LogP contribution in [0.25, 0.3) is 0 Å². The van der Waals surface area contributed by atoms with Gasteiger partial charge in [0, 0.05) is 19.3 Å². The number of rotatable bonds is 3. The van der Waals surface area contributed by atoms with Crippen LogP contribution in [-0.2, 0) is 14.3 Å². The van der Waals surface area contributed by atoms with Crippen molar-refractivity contribution >= 4 is 29.2 Å². The standard InChI is InChI=1S/C12H14ClN3O3/c13-8-3-4-10(14-6-8)16-12(18)11(17)15-7-9-2-1-5-19-9/h3-4,6,9H,1-2,5,7H2,(H,15,17)(H,14,16,18). The van der Waals surface area contributed by atoms with Crippen molar-refractivity contribution in [3.8, 4) is 0 Å². The SMILES string of the molecule is O=C(NCC1CCCO1)C(=O)Nc1ccc(Cl)cn1. The lowest BCUT2D eigenvalue weighted by atomic mass is 10.2. The van der Waals surface area contributed by atoms with Crippen LogP contribution in [0.15, 0.2) is 18.3 Å². The summed E-state index contributed by atoms with van der Waals surface area (Å²) in [6, 6.07) is 3.10. The first-order valence-electron chi connectivity index (χ1n) is 5.97. The van der Waals surface area contributed by atoms with E-state index in [2.05, 4.69) is 15.6 Å². The van der Waals surface area contributed by atoms with Crippen LogP contribution in [-0.4, -0.2) is 36.1 Å². The van der Waals surface area contributed by atoms with Gasteiger partial charge in [-0.2, -0.15) is 0 Å². The van der Waals surface area contributed by atoms with Crippen LogP contribution in [0.1, 0.15) is 12.8 Å². The molecule has 0 spiro atoms. The van der Waals surface area contributed by atoms with Crippen LogP contribution in [0.5, 0.6) is 0 Å². The van der Waals surface area contributed by atoms with Gasteiger partial charge < -0.3 is 15.4 Å². The fraction of sp³-hybridized carbons (Fsp3) is 0.417. The minimum atomic E-state index is -0.757. The third-order valence-corrected chi connectivity index (χ3v) is 2.91. The van der Waals surface area contributed by atoms with Crippen molar-refractivity contribution in [1.82, 2.24) is 10.3 Å². The summed E-state index contributed by atoms with van der Waals surface area (Å²) in [5.41, 5.74) is 0. The number of nitrogens with one attached hydrogen (secondary N) is 2. The molecule has 2 N–H and O–H groups in total. The van der Waals surface area contributed by atoms with E-state index in [4.69, 9.17) is 16.3 Å². The Morgan fingerprint density at radius 3 is 2.89 bits per heavy atom. The van der Waals surface area contributed by atoms with Crippen LogP contribution >= 0.6 is 11.6 Å². The summed E-state index contributed by atoms with van der Waals surface area (Å²) in [5, 5.41) is 5.37. The Kier molecular flexibility index (Phi) is 4.70. The Labute approximate surface area is 115 Å². The summed E-state index contributed by atoms with van der Waals surface area (Å²) in [6.07, 6.45) is 3.29. The highest BCUT2D eigenvalue weighted by Gasteiger charge is 2.19. The van der Waals surface area contributed by atoms with Crippen LogP contribution in [0.2, 0.25) is 5.02 Å². The fourth-order valence-electron chi connectivity index (χ4n) is 1.71. The monoisotopic (exact) mass is 283 g/mol. The average Bonchev–Trinajstić information content (AvgIpc) is 2.91. The van der Waals surface area contributed by atoms with E-state index < -0.39 is 11.8 Å². The van der Waals surface area contributed by atoms with Crippen LogP contribution in [0.4, 0.5) is 5.82 Å². The topological polar surface area (TPSA) is 80.3 Å². The number of hydrogen-bond acceptors (Lipinski definition) is 4. The molecular weight excluding hydrogens is 270 g/mol. The number of anilines is 1. The van der Waals surface area contributed by atoms with Gasteiger partial charge in [-0.05, 0) is 25.0 Å². The Balaban J connectivity index is 1.78. The summed E-state index contributed by atoms with van der Waals surface area (Å²) in [6.45, 7) is 1.06. The van der Waals surface area contributed by atoms with Crippen molar-refractivity contribution in [2.24, 2.45) is 0 Å². The Morgan fingerprint density at radius 1 is 1.42 bits per heavy atom. The quantitative estimate of drug-likeness (QED) is 0.810. The highest BCUT2D eigenvalue weighted by atomic mass is 35.5. The van der Waals surface area contributed by atoms with Gasteiger partial charge in [0.15, 0.2) is 0 Å². The summed E-state index contributed by atoms with van der Waals surface area (Å²) in [7, 11) is 0. The maximum atomic E-state index is 11.6. The van der Waals surface area contributed by atoms with E-state index in [1.54, 1.807) is 6.07 Å². The van der Waals surface area contributed by atoms with Crippen LogP contribution < -0.4 is 10.6 Å². The first-order chi connectivity index (χ1) is 9.15. The predicted molar refractivity (Wildman–Crippen MR) is 69.9 cm³/mol. The van der Waals surface area contributed by atoms with Crippen molar-refractivity contribution in [3.63, 3.8) is 0 Å². The molecule has 1 atom stereocenters. The zero-order valence-electron chi connectivity index (χ0n) is 10.2. The smallest absolute Gasteiger partial charge is 0.314 e. The molecule has 0 aromatic carbocycles. The molecule has 1 aliphatic heterocycles. The summed E-state index contributed by atoms with van der Waals surface area (Å²) >= 11 is 5.66. The lowest BCUT2D eigenvalue weighted by Gasteiger charge is -2.10. The van der Waals surface area contributed by atoms with Gasteiger partial charge in [-0.15, -0.1) is 0 Å². The van der Waals surface area contributed by atoms with E-state index in [0.29, 0.717) is 18.2 Å². The molecule has 1 fully saturated rings. The first kappa shape index (κ1) is 13.8. The number of carbonyl (C=O) groups is 2.